The van der Waals surface area contributed by atoms with Crippen LogP contribution in [0.3, 0.4) is 0 Å². The average Bonchev–Trinajstić information content (AvgIpc) is 0.873. The van der Waals surface area contributed by atoms with Crippen LogP contribution in [0.25, 0.3) is 0 Å². The van der Waals surface area contributed by atoms with E-state index in [4.69, 9.17) is 0 Å². The van der Waals surface area contributed by atoms with Crippen LogP contribution in [-0.4, -0.2) is 258 Å². The summed E-state index contributed by atoms with van der Waals surface area (Å²) in [5.41, 5.74) is -3.45. The van der Waals surface area contributed by atoms with Gasteiger partial charge in [0.05, 0.1) is 31.6 Å². The molecule has 560 valence electrons. The number of rotatable bonds is 17. The molecule has 0 bridgehead atoms. The Morgan fingerprint density at radius 2 is 1.12 bits per heavy atom. The molecule has 1 aromatic rings. The van der Waals surface area contributed by atoms with Gasteiger partial charge in [0.15, 0.2) is 0 Å². The Bertz CT molecular complexity index is 2980. The second-order valence-electron chi connectivity index (χ2n) is 28.7. The van der Waals surface area contributed by atoms with Crippen molar-refractivity contribution in [2.45, 2.75) is 220 Å². The number of hydrogen-bond donors (Lipinski definition) is 3. The van der Waals surface area contributed by atoms with Crippen LogP contribution in [0.4, 0.5) is 26.3 Å². The van der Waals surface area contributed by atoms with Gasteiger partial charge in [-0.05, 0) is 119 Å². The van der Waals surface area contributed by atoms with Crippen LogP contribution in [0.2, 0.25) is 0 Å². The van der Waals surface area contributed by atoms with E-state index in [9.17, 15) is 69.5 Å². The Morgan fingerprint density at radius 1 is 0.586 bits per heavy atom. The summed E-state index contributed by atoms with van der Waals surface area (Å²) < 4.78 is 82.7. The number of likely N-dealkylation sites (tertiary alicyclic amines) is 1. The summed E-state index contributed by atoms with van der Waals surface area (Å²) in [6.45, 7) is 15.5. The summed E-state index contributed by atoms with van der Waals surface area (Å²) in [6.07, 6.45) is -7.48. The molecule has 8 atom stereocenters. The Hall–Kier alpha value is -7.56. The Balaban J connectivity index is 2.33. The van der Waals surface area contributed by atoms with Gasteiger partial charge in [-0.1, -0.05) is 74.3 Å². The lowest BCUT2D eigenvalue weighted by molar-refractivity contribution is -0.155. The largest absolute Gasteiger partial charge is 0.419 e. The van der Waals surface area contributed by atoms with E-state index in [1.54, 1.807) is 46.4 Å². The highest BCUT2D eigenvalue weighted by Gasteiger charge is 2.45. The summed E-state index contributed by atoms with van der Waals surface area (Å²) in [5.74, 6) is -12.6. The molecular formula is C69H110F6N12O12. The first-order valence-corrected chi connectivity index (χ1v) is 34.3. The number of piperidine rings is 1. The van der Waals surface area contributed by atoms with Crippen molar-refractivity contribution in [1.29, 1.82) is 0 Å². The van der Waals surface area contributed by atoms with Crippen molar-refractivity contribution in [3.05, 3.63) is 35.1 Å². The van der Waals surface area contributed by atoms with Crippen LogP contribution in [0.5, 0.6) is 0 Å². The minimum absolute atomic E-state index is 0.0182. The monoisotopic (exact) mass is 1410 g/mol. The van der Waals surface area contributed by atoms with E-state index in [1.807, 2.05) is 13.8 Å². The van der Waals surface area contributed by atoms with Gasteiger partial charge in [-0.15, -0.1) is 0 Å². The molecule has 0 radical (unpaired) electrons. The molecule has 0 aliphatic carbocycles. The van der Waals surface area contributed by atoms with Gasteiger partial charge < -0.3 is 60.0 Å². The molecule has 3 N–H and O–H groups in total. The third kappa shape index (κ3) is 24.9. The van der Waals surface area contributed by atoms with Crippen molar-refractivity contribution in [2.24, 2.45) is 23.7 Å². The van der Waals surface area contributed by atoms with Crippen molar-refractivity contribution in [3.8, 4) is 0 Å². The maximum atomic E-state index is 15.3. The third-order valence-electron chi connectivity index (χ3n) is 18.6. The molecule has 0 unspecified atom stereocenters. The van der Waals surface area contributed by atoms with Gasteiger partial charge in [-0.2, -0.15) is 13.2 Å². The second-order valence-corrected chi connectivity index (χ2v) is 28.7. The first-order chi connectivity index (χ1) is 45.9. The van der Waals surface area contributed by atoms with E-state index in [1.165, 1.54) is 75.1 Å². The average molecular weight is 1410 g/mol. The highest BCUT2D eigenvalue weighted by atomic mass is 19.4. The predicted octanol–water partition coefficient (Wildman–Crippen LogP) is 5.58. The molecule has 2 saturated heterocycles. The molecule has 2 aliphatic heterocycles. The molecule has 12 amide bonds. The number of nitrogens with one attached hydrogen (secondary N) is 3. The molecule has 3 rings (SSSR count). The molecule has 0 saturated carbocycles. The molecule has 2 fully saturated rings. The van der Waals surface area contributed by atoms with Crippen LogP contribution < -0.4 is 16.0 Å². The molecule has 0 spiro atoms. The number of alkyl halides is 5. The summed E-state index contributed by atoms with van der Waals surface area (Å²) in [4.78, 5) is 186. The quantitative estimate of drug-likeness (QED) is 0.128. The number of nitrogens with zero attached hydrogens (tertiary/aromatic N) is 9. The zero-order chi connectivity index (χ0) is 75.5. The van der Waals surface area contributed by atoms with Crippen molar-refractivity contribution in [2.75, 3.05) is 89.1 Å². The Morgan fingerprint density at radius 3 is 1.66 bits per heavy atom. The van der Waals surface area contributed by atoms with Gasteiger partial charge in [-0.3, -0.25) is 57.5 Å². The number of benzene rings is 1. The Kier molecular flexibility index (Phi) is 33.1. The summed E-state index contributed by atoms with van der Waals surface area (Å²) >= 11 is 0. The topological polar surface area (TPSA) is 270 Å². The number of likely N-dealkylation sites (N-methyl/N-ethyl adjacent to an activating group) is 8. The summed E-state index contributed by atoms with van der Waals surface area (Å²) in [7, 11) is 10.3. The molecular weight excluding hydrogens is 1300 g/mol. The predicted molar refractivity (Wildman–Crippen MR) is 359 cm³/mol. The highest BCUT2D eigenvalue weighted by Crippen LogP contribution is 2.32. The zero-order valence-corrected chi connectivity index (χ0v) is 61.3. The van der Waals surface area contributed by atoms with Gasteiger partial charge in [0.25, 0.3) is 0 Å². The lowest BCUT2D eigenvalue weighted by Crippen LogP contribution is -2.63. The van der Waals surface area contributed by atoms with Crippen LogP contribution in [0, 0.1) is 29.5 Å². The van der Waals surface area contributed by atoms with E-state index >= 15 is 14.4 Å². The number of carbonyl (C=O) groups excluding carboxylic acids is 12. The van der Waals surface area contributed by atoms with E-state index in [2.05, 4.69) is 16.0 Å². The van der Waals surface area contributed by atoms with Crippen LogP contribution in [0.1, 0.15) is 164 Å². The highest BCUT2D eigenvalue weighted by molar-refractivity contribution is 6.00. The minimum Gasteiger partial charge on any atom is -0.343 e. The summed E-state index contributed by atoms with van der Waals surface area (Å²) in [6, 6.07) is -7.69. The second kappa shape index (κ2) is 38.3. The molecule has 30 heteroatoms. The zero-order valence-electron chi connectivity index (χ0n) is 61.3. The molecule has 99 heavy (non-hydrogen) atoms. The lowest BCUT2D eigenvalue weighted by atomic mass is 9.95. The van der Waals surface area contributed by atoms with Gasteiger partial charge in [-0.25, -0.2) is 13.2 Å². The number of carbonyl (C=O) groups is 12. The first kappa shape index (κ1) is 85.7. The molecule has 24 nitrogen and oxygen atoms in total. The maximum Gasteiger partial charge on any atom is 0.419 e. The van der Waals surface area contributed by atoms with Crippen molar-refractivity contribution in [3.63, 3.8) is 0 Å². The van der Waals surface area contributed by atoms with Gasteiger partial charge in [0.2, 0.25) is 77.3 Å². The van der Waals surface area contributed by atoms with Crippen molar-refractivity contribution >= 4 is 70.9 Å². The van der Waals surface area contributed by atoms with E-state index in [0.29, 0.717) is 44.5 Å². The SMILES string of the molecule is CC[C@H](C)[C@@H]1NC(=O)[C@H](CC(C)C)N(C)C(=O)C[C@@H](C(=O)N2CCCCC2)N(C)C(=O)[C@H](CC(C)C)N(C)C(=O)C(C)(C)NC(=O)[C@H](CC(C)C)N(C)C(=O)[C@H](CCc2ccc(C(F)(F)F)c(F)c2)NC(=O)CN(C)C(=O)[C@H](CCCCC(F)F)N(C)C(=O)CN(C)C(=O)CN(C)C1=O. The van der Waals surface area contributed by atoms with Crippen LogP contribution in [0.15, 0.2) is 18.2 Å². The molecule has 1 aromatic carbocycles. The molecule has 2 aliphatic rings. The Labute approximate surface area is 580 Å². The lowest BCUT2D eigenvalue weighted by Gasteiger charge is -2.40. The molecule has 0 aromatic heterocycles. The fraction of sp³-hybridized carbons (Fsp3) is 0.739. The number of unbranched alkanes of at least 4 members (excludes halogenated alkanes) is 1. The molecule has 2 heterocycles. The van der Waals surface area contributed by atoms with E-state index in [0.717, 1.165) is 46.8 Å². The maximum absolute atomic E-state index is 15.3. The van der Waals surface area contributed by atoms with Crippen molar-refractivity contribution in [1.82, 2.24) is 60.0 Å². The number of halogens is 6. The number of hydrogen-bond acceptors (Lipinski definition) is 12. The fourth-order valence-electron chi connectivity index (χ4n) is 12.2. The normalized spacial score (nSPS) is 23.8. The standard InChI is InChI=1S/C69H110F6N12O12/c1-19-44(8)59-66(98)81(13)39-57(90)79(11)40-58(91)82(14)49(25-21-22-26-54(71)72)63(95)80(12)38-55(88)76-48(30-28-45-27-29-46(47(70)36-45)69(73,74)75)62(94)84(16)51(34-42(4)5)61(93)78-68(9,10)67(99)86(18)52(35-43(6)7)64(96)85(17)53(65(97)87-31-23-20-24-32-87)37-56(89)83(15)50(33-41(2)3)60(92)77-59/h27,29,36,41-44,48-54,59H,19-26,28,30-35,37-40H2,1-18H3,(H,76,88)(H,77,92)(H,78,93)/t44-,48-,49-,50-,51-,52-,53-,59-/m0/s1. The van der Waals surface area contributed by atoms with Crippen LogP contribution in [-0.2, 0) is 70.1 Å². The van der Waals surface area contributed by atoms with Gasteiger partial charge in [0, 0.05) is 75.9 Å². The number of amides is 12. The smallest absolute Gasteiger partial charge is 0.343 e. The first-order valence-electron chi connectivity index (χ1n) is 34.3. The summed E-state index contributed by atoms with van der Waals surface area (Å²) in [5, 5.41) is 8.13. The van der Waals surface area contributed by atoms with Crippen molar-refractivity contribution < 1.29 is 83.9 Å². The van der Waals surface area contributed by atoms with Crippen LogP contribution >= 0.6 is 0 Å². The number of aryl methyl sites for hydroxylation is 1. The van der Waals surface area contributed by atoms with E-state index in [-0.39, 0.29) is 68.3 Å². The van der Waals surface area contributed by atoms with E-state index < -0.39 is 188 Å². The van der Waals surface area contributed by atoms with Gasteiger partial charge >= 0.3 is 6.18 Å². The third-order valence-corrected chi connectivity index (χ3v) is 18.6. The minimum atomic E-state index is -5.05. The van der Waals surface area contributed by atoms with Gasteiger partial charge in [0.1, 0.15) is 53.6 Å². The fourth-order valence-corrected chi connectivity index (χ4v) is 12.2.